The predicted octanol–water partition coefficient (Wildman–Crippen LogP) is 5.77. The summed E-state index contributed by atoms with van der Waals surface area (Å²) in [5, 5.41) is 4.32. The largest absolute Gasteiger partial charge is 0.378 e. The Labute approximate surface area is 176 Å². The molecule has 0 aliphatic heterocycles. The number of hydrogen-bond acceptors (Lipinski definition) is 3. The van der Waals surface area contributed by atoms with Gasteiger partial charge >= 0.3 is 0 Å². The van der Waals surface area contributed by atoms with Gasteiger partial charge in [0.15, 0.2) is 0 Å². The van der Waals surface area contributed by atoms with E-state index in [1.807, 2.05) is 81.4 Å². The van der Waals surface area contributed by atoms with Crippen LogP contribution in [0, 0.1) is 0 Å². The summed E-state index contributed by atoms with van der Waals surface area (Å²) >= 11 is 0. The van der Waals surface area contributed by atoms with Crippen LogP contribution in [0.1, 0.15) is 47.2 Å². The van der Waals surface area contributed by atoms with Gasteiger partial charge in [-0.3, -0.25) is 14.2 Å². The third-order valence-corrected chi connectivity index (χ3v) is 4.85. The molecule has 0 spiro atoms. The molecule has 1 N–H and O–H groups in total. The van der Waals surface area contributed by atoms with E-state index in [4.69, 9.17) is 0 Å². The Balaban J connectivity index is 2.04. The molecule has 0 bridgehead atoms. The van der Waals surface area contributed by atoms with E-state index in [-0.39, 0.29) is 17.2 Å². The highest BCUT2D eigenvalue weighted by molar-refractivity contribution is 6.21. The summed E-state index contributed by atoms with van der Waals surface area (Å²) in [6.45, 7) is 6.11. The molecular formula is C26H24N2O2. The molecule has 1 aromatic heterocycles. The molecule has 0 unspecified atom stereocenters. The normalized spacial score (nSPS) is 11.4. The third-order valence-electron chi connectivity index (χ3n) is 4.85. The second-order valence-corrected chi connectivity index (χ2v) is 8.32. The molecule has 1 heterocycles. The fourth-order valence-corrected chi connectivity index (χ4v) is 3.60. The number of ketones is 1. The molecule has 0 aliphatic rings. The number of para-hydroxylation sites is 1. The Hall–Kier alpha value is -3.66. The summed E-state index contributed by atoms with van der Waals surface area (Å²) in [6, 6.07) is 25.8. The van der Waals surface area contributed by atoms with Gasteiger partial charge in [-0.2, -0.15) is 0 Å². The summed E-state index contributed by atoms with van der Waals surface area (Å²) in [5.41, 5.74) is 2.51. The zero-order chi connectivity index (χ0) is 21.3. The number of anilines is 1. The first-order valence-corrected chi connectivity index (χ1v) is 9.98. The first kappa shape index (κ1) is 19.6. The highest BCUT2D eigenvalue weighted by atomic mass is 16.2. The van der Waals surface area contributed by atoms with E-state index in [1.165, 1.54) is 0 Å². The van der Waals surface area contributed by atoms with Crippen LogP contribution in [-0.2, 0) is 0 Å². The number of nitrogens with one attached hydrogen (secondary N) is 1. The van der Waals surface area contributed by atoms with E-state index in [1.54, 1.807) is 28.8 Å². The van der Waals surface area contributed by atoms with Crippen LogP contribution in [0.4, 0.5) is 5.69 Å². The summed E-state index contributed by atoms with van der Waals surface area (Å²) < 4.78 is 1.55. The molecule has 4 heteroatoms. The summed E-state index contributed by atoms with van der Waals surface area (Å²) in [7, 11) is 0. The van der Waals surface area contributed by atoms with Crippen molar-refractivity contribution in [3.63, 3.8) is 0 Å². The molecule has 0 saturated carbocycles. The van der Waals surface area contributed by atoms with E-state index < -0.39 is 0 Å². The quantitative estimate of drug-likeness (QED) is 0.446. The van der Waals surface area contributed by atoms with Crippen LogP contribution in [0.2, 0.25) is 0 Å². The number of hydrogen-bond donors (Lipinski definition) is 1. The average molecular weight is 396 g/mol. The fraction of sp³-hybridized carbons (Fsp3) is 0.154. The van der Waals surface area contributed by atoms with Crippen LogP contribution < -0.4 is 5.32 Å². The SMILES string of the molecule is CC(C)(C)Nc1c(C(=O)c2ccccc2)n(C(=O)c2ccccc2)c2ccccc12. The van der Waals surface area contributed by atoms with Crippen molar-refractivity contribution in [3.8, 4) is 0 Å². The van der Waals surface area contributed by atoms with Crippen molar-refractivity contribution in [2.45, 2.75) is 26.3 Å². The van der Waals surface area contributed by atoms with Crippen LogP contribution >= 0.6 is 0 Å². The zero-order valence-electron chi connectivity index (χ0n) is 17.3. The van der Waals surface area contributed by atoms with E-state index in [2.05, 4.69) is 5.32 Å². The van der Waals surface area contributed by atoms with Crippen LogP contribution in [0.15, 0.2) is 84.9 Å². The second-order valence-electron chi connectivity index (χ2n) is 8.32. The lowest BCUT2D eigenvalue weighted by Crippen LogP contribution is -2.28. The third kappa shape index (κ3) is 3.64. The predicted molar refractivity (Wildman–Crippen MR) is 121 cm³/mol. The molecule has 0 radical (unpaired) electrons. The van der Waals surface area contributed by atoms with Crippen molar-refractivity contribution >= 4 is 28.3 Å². The lowest BCUT2D eigenvalue weighted by molar-refractivity contribution is 0.0938. The Kier molecular flexibility index (Phi) is 5.00. The minimum Gasteiger partial charge on any atom is -0.378 e. The maximum absolute atomic E-state index is 13.7. The van der Waals surface area contributed by atoms with Crippen molar-refractivity contribution in [2.75, 3.05) is 5.32 Å². The van der Waals surface area contributed by atoms with Gasteiger partial charge in [0.25, 0.3) is 5.91 Å². The van der Waals surface area contributed by atoms with E-state index >= 15 is 0 Å². The lowest BCUT2D eigenvalue weighted by Gasteiger charge is -2.23. The van der Waals surface area contributed by atoms with Crippen molar-refractivity contribution in [1.82, 2.24) is 4.57 Å². The van der Waals surface area contributed by atoms with Gasteiger partial charge < -0.3 is 5.32 Å². The van der Waals surface area contributed by atoms with Crippen molar-refractivity contribution in [2.24, 2.45) is 0 Å². The Morgan fingerprint density at radius 3 is 1.87 bits per heavy atom. The molecule has 0 amide bonds. The number of fused-ring (bicyclic) bond motifs is 1. The molecule has 4 nitrogen and oxygen atoms in total. The smallest absolute Gasteiger partial charge is 0.263 e. The van der Waals surface area contributed by atoms with Gasteiger partial charge in [-0.1, -0.05) is 66.7 Å². The van der Waals surface area contributed by atoms with Crippen molar-refractivity contribution in [1.29, 1.82) is 0 Å². The van der Waals surface area contributed by atoms with Gasteiger partial charge in [-0.15, -0.1) is 0 Å². The van der Waals surface area contributed by atoms with E-state index in [0.717, 1.165) is 5.39 Å². The summed E-state index contributed by atoms with van der Waals surface area (Å²) in [5.74, 6) is -0.420. The highest BCUT2D eigenvalue weighted by Crippen LogP contribution is 2.35. The Morgan fingerprint density at radius 1 is 0.733 bits per heavy atom. The molecule has 30 heavy (non-hydrogen) atoms. The maximum atomic E-state index is 13.7. The minimum absolute atomic E-state index is 0.192. The van der Waals surface area contributed by atoms with Crippen LogP contribution in [0.3, 0.4) is 0 Å². The number of rotatable bonds is 4. The molecule has 4 rings (SSSR count). The van der Waals surface area contributed by atoms with Gasteiger partial charge in [0.2, 0.25) is 5.78 Å². The number of aromatic nitrogens is 1. The molecule has 3 aromatic carbocycles. The fourth-order valence-electron chi connectivity index (χ4n) is 3.60. The van der Waals surface area contributed by atoms with Crippen molar-refractivity contribution < 1.29 is 9.59 Å². The number of benzene rings is 3. The molecule has 0 aliphatic carbocycles. The molecular weight excluding hydrogens is 372 g/mol. The molecule has 150 valence electrons. The average Bonchev–Trinajstić information content (AvgIpc) is 3.06. The van der Waals surface area contributed by atoms with Gasteiger partial charge in [0.05, 0.1) is 11.2 Å². The molecule has 0 atom stereocenters. The first-order valence-electron chi connectivity index (χ1n) is 9.98. The summed E-state index contributed by atoms with van der Waals surface area (Å²) in [4.78, 5) is 27.2. The molecule has 0 fully saturated rings. The number of nitrogens with zero attached hydrogens (tertiary/aromatic N) is 1. The number of carbonyl (C=O) groups is 2. The van der Waals surface area contributed by atoms with Gasteiger partial charge in [-0.25, -0.2) is 0 Å². The van der Waals surface area contributed by atoms with Crippen molar-refractivity contribution in [3.05, 3.63) is 102 Å². The topological polar surface area (TPSA) is 51.1 Å². The van der Waals surface area contributed by atoms with Gasteiger partial charge in [0.1, 0.15) is 5.69 Å². The Bertz CT molecular complexity index is 1220. The van der Waals surface area contributed by atoms with Crippen LogP contribution in [0.5, 0.6) is 0 Å². The maximum Gasteiger partial charge on any atom is 0.263 e. The second kappa shape index (κ2) is 7.64. The first-order chi connectivity index (χ1) is 14.4. The molecule has 0 saturated heterocycles. The highest BCUT2D eigenvalue weighted by Gasteiger charge is 2.29. The van der Waals surface area contributed by atoms with Crippen LogP contribution in [-0.4, -0.2) is 21.8 Å². The minimum atomic E-state index is -0.295. The van der Waals surface area contributed by atoms with Crippen LogP contribution in [0.25, 0.3) is 10.9 Å². The van der Waals surface area contributed by atoms with Gasteiger partial charge in [0, 0.05) is 22.1 Å². The van der Waals surface area contributed by atoms with Gasteiger partial charge in [-0.05, 0) is 39.0 Å². The lowest BCUT2D eigenvalue weighted by atomic mass is 10.0. The van der Waals surface area contributed by atoms with E-state index in [0.29, 0.717) is 28.0 Å². The Morgan fingerprint density at radius 2 is 1.27 bits per heavy atom. The standard InChI is InChI=1S/C26H24N2O2/c1-26(2,3)27-22-20-16-10-11-17-21(20)28(25(30)19-14-8-5-9-15-19)23(22)24(29)18-12-6-4-7-13-18/h4-17,27H,1-3H3. The monoisotopic (exact) mass is 396 g/mol. The molecule has 4 aromatic rings. The number of carbonyl (C=O) groups excluding carboxylic acids is 2. The van der Waals surface area contributed by atoms with E-state index in [9.17, 15) is 9.59 Å². The summed E-state index contributed by atoms with van der Waals surface area (Å²) in [6.07, 6.45) is 0. The zero-order valence-corrected chi connectivity index (χ0v) is 17.3.